The van der Waals surface area contributed by atoms with E-state index in [4.69, 9.17) is 0 Å². The summed E-state index contributed by atoms with van der Waals surface area (Å²) in [5, 5.41) is 10.4. The van der Waals surface area contributed by atoms with E-state index in [0.29, 0.717) is 10.6 Å². The van der Waals surface area contributed by atoms with Crippen molar-refractivity contribution in [2.45, 2.75) is 0 Å². The van der Waals surface area contributed by atoms with E-state index in [0.717, 1.165) is 16.3 Å². The van der Waals surface area contributed by atoms with Gasteiger partial charge in [-0.25, -0.2) is 9.37 Å². The standard InChI is InChI=1S/C13H8FNOS/c14-8-5-6-9(11(16)7-8)13-15-10-3-1-2-4-12(10)17-13/h1-7,16H. The second-order valence-electron chi connectivity index (χ2n) is 3.65. The van der Waals surface area contributed by atoms with Crippen molar-refractivity contribution in [3.05, 3.63) is 48.3 Å². The quantitative estimate of drug-likeness (QED) is 0.707. The molecule has 0 fully saturated rings. The maximum Gasteiger partial charge on any atom is 0.128 e. The molecule has 84 valence electrons. The molecule has 0 saturated carbocycles. The number of halogens is 1. The molecule has 1 aromatic heterocycles. The fourth-order valence-corrected chi connectivity index (χ4v) is 2.67. The first-order valence-electron chi connectivity index (χ1n) is 5.08. The molecular weight excluding hydrogens is 237 g/mol. The summed E-state index contributed by atoms with van der Waals surface area (Å²) in [5.41, 5.74) is 1.45. The van der Waals surface area contributed by atoms with Crippen molar-refractivity contribution < 1.29 is 9.50 Å². The van der Waals surface area contributed by atoms with Crippen LogP contribution in [-0.2, 0) is 0 Å². The van der Waals surface area contributed by atoms with Crippen LogP contribution in [0, 0.1) is 5.82 Å². The van der Waals surface area contributed by atoms with Gasteiger partial charge in [0.15, 0.2) is 0 Å². The second-order valence-corrected chi connectivity index (χ2v) is 4.68. The average Bonchev–Trinajstić information content (AvgIpc) is 2.72. The Morgan fingerprint density at radius 1 is 1.12 bits per heavy atom. The van der Waals surface area contributed by atoms with Gasteiger partial charge in [-0.1, -0.05) is 12.1 Å². The van der Waals surface area contributed by atoms with Crippen molar-refractivity contribution in [2.75, 3.05) is 0 Å². The molecule has 1 heterocycles. The molecule has 0 aliphatic rings. The van der Waals surface area contributed by atoms with Crippen molar-refractivity contribution in [3.63, 3.8) is 0 Å². The summed E-state index contributed by atoms with van der Waals surface area (Å²) in [5.74, 6) is -0.531. The molecule has 0 aliphatic carbocycles. The highest BCUT2D eigenvalue weighted by Gasteiger charge is 2.10. The third-order valence-corrected chi connectivity index (χ3v) is 3.55. The number of aromatic hydroxyl groups is 1. The summed E-state index contributed by atoms with van der Waals surface area (Å²) < 4.78 is 13.9. The summed E-state index contributed by atoms with van der Waals surface area (Å²) in [6.45, 7) is 0. The monoisotopic (exact) mass is 245 g/mol. The lowest BCUT2D eigenvalue weighted by atomic mass is 10.2. The molecule has 17 heavy (non-hydrogen) atoms. The van der Waals surface area contributed by atoms with Gasteiger partial charge < -0.3 is 5.11 Å². The molecular formula is C13H8FNOS. The predicted molar refractivity (Wildman–Crippen MR) is 66.7 cm³/mol. The van der Waals surface area contributed by atoms with E-state index in [1.54, 1.807) is 6.07 Å². The fourth-order valence-electron chi connectivity index (χ4n) is 1.67. The summed E-state index contributed by atoms with van der Waals surface area (Å²) in [6.07, 6.45) is 0. The largest absolute Gasteiger partial charge is 0.507 e. The third kappa shape index (κ3) is 1.76. The maximum atomic E-state index is 12.9. The van der Waals surface area contributed by atoms with Gasteiger partial charge in [0.1, 0.15) is 16.6 Å². The Morgan fingerprint density at radius 3 is 2.71 bits per heavy atom. The average molecular weight is 245 g/mol. The van der Waals surface area contributed by atoms with Gasteiger partial charge in [-0.15, -0.1) is 11.3 Å². The number of fused-ring (bicyclic) bond motifs is 1. The molecule has 1 N–H and O–H groups in total. The van der Waals surface area contributed by atoms with E-state index >= 15 is 0 Å². The fraction of sp³-hybridized carbons (Fsp3) is 0. The maximum absolute atomic E-state index is 12.9. The van der Waals surface area contributed by atoms with Gasteiger partial charge in [0.25, 0.3) is 0 Å². The number of aromatic nitrogens is 1. The molecule has 0 unspecified atom stereocenters. The van der Waals surface area contributed by atoms with Gasteiger partial charge >= 0.3 is 0 Å². The van der Waals surface area contributed by atoms with Crippen molar-refractivity contribution in [1.29, 1.82) is 0 Å². The molecule has 0 bridgehead atoms. The highest BCUT2D eigenvalue weighted by Crippen LogP contribution is 2.35. The van der Waals surface area contributed by atoms with E-state index in [2.05, 4.69) is 4.98 Å². The summed E-state index contributed by atoms with van der Waals surface area (Å²) in [4.78, 5) is 4.41. The Bertz CT molecular complexity index is 660. The Hall–Kier alpha value is -1.94. The topological polar surface area (TPSA) is 33.1 Å². The number of nitrogens with zero attached hydrogens (tertiary/aromatic N) is 1. The van der Waals surface area contributed by atoms with Crippen molar-refractivity contribution >= 4 is 21.6 Å². The minimum absolute atomic E-state index is 0.0796. The number of phenols is 1. The van der Waals surface area contributed by atoms with Gasteiger partial charge in [-0.2, -0.15) is 0 Å². The molecule has 2 aromatic carbocycles. The van der Waals surface area contributed by atoms with E-state index in [9.17, 15) is 9.50 Å². The van der Waals surface area contributed by atoms with Crippen molar-refractivity contribution in [3.8, 4) is 16.3 Å². The van der Waals surface area contributed by atoms with Crippen LogP contribution >= 0.6 is 11.3 Å². The Labute approximate surface area is 101 Å². The zero-order valence-corrected chi connectivity index (χ0v) is 9.54. The number of rotatable bonds is 1. The first kappa shape index (κ1) is 10.2. The van der Waals surface area contributed by atoms with Crippen molar-refractivity contribution in [2.24, 2.45) is 0 Å². The van der Waals surface area contributed by atoms with Crippen LogP contribution < -0.4 is 0 Å². The zero-order valence-electron chi connectivity index (χ0n) is 8.72. The lowest BCUT2D eigenvalue weighted by Gasteiger charge is -1.99. The van der Waals surface area contributed by atoms with Gasteiger partial charge in [-0.3, -0.25) is 0 Å². The van der Waals surface area contributed by atoms with Crippen LogP contribution in [0.25, 0.3) is 20.8 Å². The zero-order chi connectivity index (χ0) is 11.8. The summed E-state index contributed by atoms with van der Waals surface area (Å²) in [6, 6.07) is 11.7. The van der Waals surface area contributed by atoms with Crippen LogP contribution in [0.15, 0.2) is 42.5 Å². The number of phenolic OH excluding ortho intramolecular Hbond substituents is 1. The number of hydrogen-bond donors (Lipinski definition) is 1. The predicted octanol–water partition coefficient (Wildman–Crippen LogP) is 3.81. The lowest BCUT2D eigenvalue weighted by Crippen LogP contribution is -1.79. The molecule has 4 heteroatoms. The van der Waals surface area contributed by atoms with Crippen LogP contribution in [0.5, 0.6) is 5.75 Å². The van der Waals surface area contributed by atoms with Gasteiger partial charge in [-0.05, 0) is 24.3 Å². The first-order chi connectivity index (χ1) is 8.24. The molecule has 3 aromatic rings. The van der Waals surface area contributed by atoms with E-state index < -0.39 is 5.82 Å². The van der Waals surface area contributed by atoms with E-state index in [1.165, 1.54) is 17.4 Å². The smallest absolute Gasteiger partial charge is 0.128 e. The summed E-state index contributed by atoms with van der Waals surface area (Å²) >= 11 is 1.48. The number of para-hydroxylation sites is 1. The van der Waals surface area contributed by atoms with Crippen LogP contribution in [0.2, 0.25) is 0 Å². The molecule has 0 aliphatic heterocycles. The number of benzene rings is 2. The molecule has 0 spiro atoms. The molecule has 0 saturated heterocycles. The minimum Gasteiger partial charge on any atom is -0.507 e. The Balaban J connectivity index is 2.20. The van der Waals surface area contributed by atoms with Gasteiger partial charge in [0.2, 0.25) is 0 Å². The highest BCUT2D eigenvalue weighted by molar-refractivity contribution is 7.21. The third-order valence-electron chi connectivity index (χ3n) is 2.48. The molecule has 0 radical (unpaired) electrons. The van der Waals surface area contributed by atoms with Crippen LogP contribution in [0.3, 0.4) is 0 Å². The molecule has 2 nitrogen and oxygen atoms in total. The molecule has 3 rings (SSSR count). The van der Waals surface area contributed by atoms with Gasteiger partial charge in [0, 0.05) is 6.07 Å². The number of hydrogen-bond acceptors (Lipinski definition) is 3. The summed E-state index contributed by atoms with van der Waals surface area (Å²) in [7, 11) is 0. The van der Waals surface area contributed by atoms with E-state index in [1.807, 2.05) is 24.3 Å². The minimum atomic E-state index is -0.452. The van der Waals surface area contributed by atoms with Crippen LogP contribution in [0.4, 0.5) is 4.39 Å². The van der Waals surface area contributed by atoms with Crippen molar-refractivity contribution in [1.82, 2.24) is 4.98 Å². The Morgan fingerprint density at radius 2 is 1.94 bits per heavy atom. The van der Waals surface area contributed by atoms with Crippen LogP contribution in [0.1, 0.15) is 0 Å². The van der Waals surface area contributed by atoms with Crippen LogP contribution in [-0.4, -0.2) is 10.1 Å². The van der Waals surface area contributed by atoms with E-state index in [-0.39, 0.29) is 5.75 Å². The first-order valence-corrected chi connectivity index (χ1v) is 5.90. The highest BCUT2D eigenvalue weighted by atomic mass is 32.1. The number of thiazole rings is 1. The lowest BCUT2D eigenvalue weighted by molar-refractivity contribution is 0.471. The SMILES string of the molecule is Oc1cc(F)ccc1-c1nc2ccccc2s1. The second kappa shape index (κ2) is 3.82. The molecule has 0 amide bonds. The van der Waals surface area contributed by atoms with Gasteiger partial charge in [0.05, 0.1) is 15.8 Å². The molecule has 0 atom stereocenters. The Kier molecular flexibility index (Phi) is 2.30. The normalized spacial score (nSPS) is 10.9.